The van der Waals surface area contributed by atoms with Crippen molar-refractivity contribution in [2.75, 3.05) is 11.4 Å². The predicted molar refractivity (Wildman–Crippen MR) is 93.9 cm³/mol. The standard InChI is InChI=1S/C18H22N6/c1-18(2,3)14-9-10-23(14)16-15-17(20-12-19-16)24(22-21-15)11-13-7-5-4-6-8-13/h4-8,12,14H,9-11H2,1-3H3. The average Bonchev–Trinajstić information content (AvgIpc) is 2.90. The van der Waals surface area contributed by atoms with Crippen molar-refractivity contribution in [3.8, 4) is 0 Å². The molecular weight excluding hydrogens is 300 g/mol. The van der Waals surface area contributed by atoms with Gasteiger partial charge in [-0.25, -0.2) is 14.6 Å². The molecule has 124 valence electrons. The SMILES string of the molecule is CC(C)(C)C1CCN1c1ncnc2c1nnn2Cc1ccccc1. The van der Waals surface area contributed by atoms with Crippen LogP contribution in [0, 0.1) is 5.41 Å². The smallest absolute Gasteiger partial charge is 0.184 e. The zero-order valence-corrected chi connectivity index (χ0v) is 14.3. The maximum Gasteiger partial charge on any atom is 0.184 e. The van der Waals surface area contributed by atoms with Gasteiger partial charge in [0.15, 0.2) is 17.0 Å². The van der Waals surface area contributed by atoms with Gasteiger partial charge in [-0.3, -0.25) is 0 Å². The zero-order valence-electron chi connectivity index (χ0n) is 14.3. The Morgan fingerprint density at radius 3 is 2.58 bits per heavy atom. The van der Waals surface area contributed by atoms with Crippen molar-refractivity contribution in [3.63, 3.8) is 0 Å². The van der Waals surface area contributed by atoms with Crippen molar-refractivity contribution in [3.05, 3.63) is 42.2 Å². The van der Waals surface area contributed by atoms with Crippen molar-refractivity contribution in [1.29, 1.82) is 0 Å². The summed E-state index contributed by atoms with van der Waals surface area (Å²) in [6.45, 7) is 8.49. The second-order valence-electron chi connectivity index (χ2n) is 7.47. The van der Waals surface area contributed by atoms with Gasteiger partial charge in [-0.15, -0.1) is 5.10 Å². The van der Waals surface area contributed by atoms with Crippen LogP contribution < -0.4 is 4.90 Å². The minimum atomic E-state index is 0.218. The van der Waals surface area contributed by atoms with Crippen LogP contribution in [0.5, 0.6) is 0 Å². The highest BCUT2D eigenvalue weighted by atomic mass is 15.5. The summed E-state index contributed by atoms with van der Waals surface area (Å²) in [7, 11) is 0. The third-order valence-electron chi connectivity index (χ3n) is 4.75. The highest BCUT2D eigenvalue weighted by Crippen LogP contribution is 2.38. The summed E-state index contributed by atoms with van der Waals surface area (Å²) in [6, 6.07) is 10.7. The number of hydrogen-bond donors (Lipinski definition) is 0. The van der Waals surface area contributed by atoms with E-state index in [0.717, 1.165) is 23.5 Å². The number of nitrogens with zero attached hydrogens (tertiary/aromatic N) is 6. The summed E-state index contributed by atoms with van der Waals surface area (Å²) >= 11 is 0. The number of hydrogen-bond acceptors (Lipinski definition) is 5. The molecule has 0 amide bonds. The lowest BCUT2D eigenvalue weighted by atomic mass is 9.79. The van der Waals surface area contributed by atoms with Crippen molar-refractivity contribution in [2.45, 2.75) is 39.8 Å². The molecule has 6 heteroatoms. The zero-order chi connectivity index (χ0) is 16.7. The normalized spacial score (nSPS) is 18.0. The molecule has 0 N–H and O–H groups in total. The van der Waals surface area contributed by atoms with Crippen LogP contribution >= 0.6 is 0 Å². The van der Waals surface area contributed by atoms with E-state index in [1.54, 1.807) is 6.33 Å². The van der Waals surface area contributed by atoms with E-state index in [1.165, 1.54) is 12.0 Å². The van der Waals surface area contributed by atoms with Crippen LogP contribution in [0.2, 0.25) is 0 Å². The highest BCUT2D eigenvalue weighted by molar-refractivity contribution is 5.83. The van der Waals surface area contributed by atoms with E-state index in [4.69, 9.17) is 0 Å². The Kier molecular flexibility index (Phi) is 3.48. The summed E-state index contributed by atoms with van der Waals surface area (Å²) in [6.07, 6.45) is 2.81. The molecule has 0 radical (unpaired) electrons. The Labute approximate surface area is 141 Å². The van der Waals surface area contributed by atoms with E-state index in [0.29, 0.717) is 12.6 Å². The molecule has 1 fully saturated rings. The van der Waals surface area contributed by atoms with Gasteiger partial charge in [0.2, 0.25) is 0 Å². The average molecular weight is 322 g/mol. The van der Waals surface area contributed by atoms with Gasteiger partial charge in [-0.2, -0.15) is 0 Å². The van der Waals surface area contributed by atoms with E-state index in [9.17, 15) is 0 Å². The van der Waals surface area contributed by atoms with E-state index >= 15 is 0 Å². The molecule has 3 aromatic rings. The molecular formula is C18H22N6. The second kappa shape index (κ2) is 5.54. The van der Waals surface area contributed by atoms with E-state index < -0.39 is 0 Å². The van der Waals surface area contributed by atoms with Crippen molar-refractivity contribution < 1.29 is 0 Å². The van der Waals surface area contributed by atoms with Gasteiger partial charge in [-0.1, -0.05) is 56.3 Å². The molecule has 1 aromatic carbocycles. The Morgan fingerprint density at radius 1 is 1.12 bits per heavy atom. The Bertz CT molecular complexity index is 849. The van der Waals surface area contributed by atoms with Crippen LogP contribution in [0.1, 0.15) is 32.8 Å². The van der Waals surface area contributed by atoms with Gasteiger partial charge in [0.1, 0.15) is 6.33 Å². The highest BCUT2D eigenvalue weighted by Gasteiger charge is 2.39. The molecule has 0 saturated carbocycles. The Morgan fingerprint density at radius 2 is 1.92 bits per heavy atom. The van der Waals surface area contributed by atoms with Crippen molar-refractivity contribution in [1.82, 2.24) is 25.0 Å². The molecule has 1 atom stereocenters. The first-order valence-electron chi connectivity index (χ1n) is 8.39. The second-order valence-corrected chi connectivity index (χ2v) is 7.47. The summed E-state index contributed by atoms with van der Waals surface area (Å²) < 4.78 is 1.85. The fraction of sp³-hybridized carbons (Fsp3) is 0.444. The lowest BCUT2D eigenvalue weighted by Crippen LogP contribution is -2.55. The molecule has 6 nitrogen and oxygen atoms in total. The van der Waals surface area contributed by atoms with Gasteiger partial charge < -0.3 is 4.90 Å². The van der Waals surface area contributed by atoms with Crippen molar-refractivity contribution in [2.24, 2.45) is 5.41 Å². The molecule has 0 bridgehead atoms. The Hall–Kier alpha value is -2.50. The third kappa shape index (κ3) is 2.52. The van der Waals surface area contributed by atoms with Crippen LogP contribution in [0.3, 0.4) is 0 Å². The third-order valence-corrected chi connectivity index (χ3v) is 4.75. The van der Waals surface area contributed by atoms with Crippen LogP contribution in [0.4, 0.5) is 5.82 Å². The number of fused-ring (bicyclic) bond motifs is 1. The lowest BCUT2D eigenvalue weighted by molar-refractivity contribution is 0.237. The van der Waals surface area contributed by atoms with Gasteiger partial charge in [-0.05, 0) is 17.4 Å². The number of rotatable bonds is 3. The molecule has 24 heavy (non-hydrogen) atoms. The van der Waals surface area contributed by atoms with Crippen LogP contribution in [0.15, 0.2) is 36.7 Å². The molecule has 1 aliphatic heterocycles. The number of aromatic nitrogens is 5. The minimum absolute atomic E-state index is 0.218. The number of benzene rings is 1. The van der Waals surface area contributed by atoms with Gasteiger partial charge in [0.25, 0.3) is 0 Å². The topological polar surface area (TPSA) is 59.7 Å². The molecule has 1 unspecified atom stereocenters. The number of anilines is 1. The maximum absolute atomic E-state index is 4.51. The minimum Gasteiger partial charge on any atom is -0.351 e. The first kappa shape index (κ1) is 15.1. The molecule has 1 saturated heterocycles. The fourth-order valence-corrected chi connectivity index (χ4v) is 3.39. The van der Waals surface area contributed by atoms with Crippen LogP contribution in [-0.2, 0) is 6.54 Å². The van der Waals surface area contributed by atoms with Gasteiger partial charge >= 0.3 is 0 Å². The van der Waals surface area contributed by atoms with E-state index in [-0.39, 0.29) is 5.41 Å². The molecule has 1 aliphatic rings. The Balaban J connectivity index is 1.70. The molecule has 0 aliphatic carbocycles. The van der Waals surface area contributed by atoms with Gasteiger partial charge in [0, 0.05) is 12.6 Å². The van der Waals surface area contributed by atoms with E-state index in [2.05, 4.69) is 58.1 Å². The van der Waals surface area contributed by atoms with E-state index in [1.807, 2.05) is 22.9 Å². The first-order valence-corrected chi connectivity index (χ1v) is 8.39. The quantitative estimate of drug-likeness (QED) is 0.742. The largest absolute Gasteiger partial charge is 0.351 e. The van der Waals surface area contributed by atoms with Crippen LogP contribution in [0.25, 0.3) is 11.2 Å². The monoisotopic (exact) mass is 322 g/mol. The molecule has 3 heterocycles. The maximum atomic E-state index is 4.51. The lowest BCUT2D eigenvalue weighted by Gasteiger charge is -2.49. The molecule has 4 rings (SSSR count). The predicted octanol–water partition coefficient (Wildman–Crippen LogP) is 2.89. The first-order chi connectivity index (χ1) is 11.5. The summed E-state index contributed by atoms with van der Waals surface area (Å²) in [4.78, 5) is 11.3. The molecule has 0 spiro atoms. The summed E-state index contributed by atoms with van der Waals surface area (Å²) in [5, 5.41) is 8.70. The summed E-state index contributed by atoms with van der Waals surface area (Å²) in [5.74, 6) is 0.908. The van der Waals surface area contributed by atoms with Gasteiger partial charge in [0.05, 0.1) is 6.54 Å². The molecule has 2 aromatic heterocycles. The van der Waals surface area contributed by atoms with Crippen molar-refractivity contribution >= 4 is 17.0 Å². The summed E-state index contributed by atoms with van der Waals surface area (Å²) in [5.41, 5.74) is 2.99. The fourth-order valence-electron chi connectivity index (χ4n) is 3.39. The van der Waals surface area contributed by atoms with Crippen LogP contribution in [-0.4, -0.2) is 37.5 Å².